The van der Waals surface area contributed by atoms with E-state index in [1.165, 1.54) is 96.3 Å². The Hall–Kier alpha value is -0.720. The highest BCUT2D eigenvalue weighted by Gasteiger charge is 2.61. The van der Waals surface area contributed by atoms with Gasteiger partial charge in [-0.2, -0.15) is 22.0 Å². The molecule has 0 bridgehead atoms. The second-order valence-corrected chi connectivity index (χ2v) is 10.4. The molecule has 208 valence electrons. The van der Waals surface area contributed by atoms with Gasteiger partial charge in [0.15, 0.2) is 0 Å². The van der Waals surface area contributed by atoms with Crippen molar-refractivity contribution in [1.82, 2.24) is 0 Å². The van der Waals surface area contributed by atoms with Crippen molar-refractivity contribution in [2.45, 2.75) is 159 Å². The maximum Gasteiger partial charge on any atom is 0.454 e. The molecule has 0 amide bonds. The van der Waals surface area contributed by atoms with Crippen LogP contribution in [-0.2, 0) is 9.53 Å². The van der Waals surface area contributed by atoms with Gasteiger partial charge in [-0.15, -0.1) is 0 Å². The van der Waals surface area contributed by atoms with Gasteiger partial charge in [0.25, 0.3) is 0 Å². The summed E-state index contributed by atoms with van der Waals surface area (Å²) in [6.45, 7) is 0.937. The van der Waals surface area contributed by atoms with E-state index in [9.17, 15) is 26.7 Å². The zero-order chi connectivity index (χ0) is 25.8. The lowest BCUT2D eigenvalue weighted by Gasteiger charge is -2.24. The van der Waals surface area contributed by atoms with Crippen LogP contribution in [0.2, 0.25) is 0 Å². The quantitative estimate of drug-likeness (QED) is 0.0819. The van der Waals surface area contributed by atoms with Gasteiger partial charge in [0.05, 0.1) is 12.0 Å². The Morgan fingerprint density at radius 1 is 0.629 bits per heavy atom. The second-order valence-electron chi connectivity index (χ2n) is 10.4. The SMILES string of the molecule is O=CC(CCCCCCCCCCCCCCCCCCOC1CCCCC1)C(F)(F)C(F)(F)F. The minimum Gasteiger partial charge on any atom is -0.378 e. The number of aldehydes is 1. The summed E-state index contributed by atoms with van der Waals surface area (Å²) in [7, 11) is 0. The van der Waals surface area contributed by atoms with Gasteiger partial charge < -0.3 is 9.53 Å². The lowest BCUT2D eigenvalue weighted by Crippen LogP contribution is -2.44. The number of hydrogen-bond donors (Lipinski definition) is 0. The van der Waals surface area contributed by atoms with Crippen molar-refractivity contribution in [3.8, 4) is 0 Å². The van der Waals surface area contributed by atoms with E-state index in [2.05, 4.69) is 0 Å². The van der Waals surface area contributed by atoms with Crippen LogP contribution in [0.3, 0.4) is 0 Å². The summed E-state index contributed by atoms with van der Waals surface area (Å²) in [6.07, 6.45) is 18.3. The molecule has 7 heteroatoms. The first-order valence-corrected chi connectivity index (χ1v) is 14.3. The number of carbonyl (C=O) groups excluding carboxylic acids is 1. The van der Waals surface area contributed by atoms with E-state index in [0.717, 1.165) is 32.3 Å². The van der Waals surface area contributed by atoms with Crippen molar-refractivity contribution >= 4 is 6.29 Å². The molecule has 0 aromatic rings. The molecule has 0 heterocycles. The van der Waals surface area contributed by atoms with Crippen LogP contribution in [0, 0.1) is 5.92 Å². The van der Waals surface area contributed by atoms with E-state index in [4.69, 9.17) is 4.74 Å². The monoisotopic (exact) mass is 512 g/mol. The third kappa shape index (κ3) is 15.2. The van der Waals surface area contributed by atoms with Gasteiger partial charge in [-0.3, -0.25) is 0 Å². The van der Waals surface area contributed by atoms with E-state index in [-0.39, 0.29) is 12.7 Å². The largest absolute Gasteiger partial charge is 0.454 e. The standard InChI is InChI=1S/C28H49F5O2/c29-27(30,28(31,32)33)25(24-34)20-16-13-11-9-7-5-3-1-2-4-6-8-10-12-14-19-23-35-26-21-17-15-18-22-26/h24-26H,1-23H2. The molecular weight excluding hydrogens is 463 g/mol. The summed E-state index contributed by atoms with van der Waals surface area (Å²) in [6, 6.07) is 0. The first-order chi connectivity index (χ1) is 16.8. The summed E-state index contributed by atoms with van der Waals surface area (Å²) < 4.78 is 69.4. The highest BCUT2D eigenvalue weighted by atomic mass is 19.4. The Balaban J connectivity index is 1.79. The van der Waals surface area contributed by atoms with Crippen LogP contribution in [0.4, 0.5) is 22.0 Å². The normalized spacial score (nSPS) is 16.5. The highest BCUT2D eigenvalue weighted by Crippen LogP contribution is 2.42. The maximum atomic E-state index is 13.2. The summed E-state index contributed by atoms with van der Waals surface area (Å²) in [5.41, 5.74) is 0. The molecule has 1 fully saturated rings. The smallest absolute Gasteiger partial charge is 0.378 e. The van der Waals surface area contributed by atoms with Crippen LogP contribution in [0.5, 0.6) is 0 Å². The number of ether oxygens (including phenoxy) is 1. The molecule has 1 atom stereocenters. The zero-order valence-electron chi connectivity index (χ0n) is 21.7. The van der Waals surface area contributed by atoms with Crippen LogP contribution < -0.4 is 0 Å². The fourth-order valence-electron chi connectivity index (χ4n) is 4.97. The lowest BCUT2D eigenvalue weighted by atomic mass is 9.95. The van der Waals surface area contributed by atoms with Crippen molar-refractivity contribution in [2.75, 3.05) is 6.61 Å². The number of alkyl halides is 5. The van der Waals surface area contributed by atoms with Gasteiger partial charge in [-0.25, -0.2) is 0 Å². The molecule has 35 heavy (non-hydrogen) atoms. The summed E-state index contributed by atoms with van der Waals surface area (Å²) in [5.74, 6) is -7.20. The lowest BCUT2D eigenvalue weighted by molar-refractivity contribution is -0.297. The first kappa shape index (κ1) is 32.3. The molecule has 0 aromatic heterocycles. The van der Waals surface area contributed by atoms with Crippen molar-refractivity contribution in [3.63, 3.8) is 0 Å². The molecule has 0 aromatic carbocycles. The number of carbonyl (C=O) groups is 1. The maximum absolute atomic E-state index is 13.2. The molecule has 0 radical (unpaired) electrons. The predicted octanol–water partition coefficient (Wildman–Crippen LogP) is 9.98. The van der Waals surface area contributed by atoms with Crippen molar-refractivity contribution in [1.29, 1.82) is 0 Å². The molecule has 1 aliphatic rings. The Kier molecular flexibility index (Phi) is 17.9. The second kappa shape index (κ2) is 19.4. The van der Waals surface area contributed by atoms with Crippen LogP contribution in [-0.4, -0.2) is 31.1 Å². The fourth-order valence-corrected chi connectivity index (χ4v) is 4.97. The van der Waals surface area contributed by atoms with Gasteiger partial charge in [0.2, 0.25) is 0 Å². The summed E-state index contributed by atoms with van der Waals surface area (Å²) >= 11 is 0. The Morgan fingerprint density at radius 2 is 1.03 bits per heavy atom. The molecule has 1 aliphatic carbocycles. The third-order valence-corrected chi connectivity index (χ3v) is 7.32. The highest BCUT2D eigenvalue weighted by molar-refractivity contribution is 5.55. The average molecular weight is 513 g/mol. The van der Waals surface area contributed by atoms with Gasteiger partial charge in [-0.05, 0) is 25.7 Å². The molecular formula is C28H49F5O2. The van der Waals surface area contributed by atoms with Crippen LogP contribution >= 0.6 is 0 Å². The minimum atomic E-state index is -5.66. The number of unbranched alkanes of at least 4 members (excludes halogenated alkanes) is 15. The van der Waals surface area contributed by atoms with Gasteiger partial charge >= 0.3 is 12.1 Å². The molecule has 1 saturated carbocycles. The van der Waals surface area contributed by atoms with E-state index in [0.29, 0.717) is 12.5 Å². The van der Waals surface area contributed by atoms with Crippen molar-refractivity contribution in [3.05, 3.63) is 0 Å². The number of hydrogen-bond acceptors (Lipinski definition) is 2. The summed E-state index contributed by atoms with van der Waals surface area (Å²) in [4.78, 5) is 10.7. The fraction of sp³-hybridized carbons (Fsp3) is 0.964. The van der Waals surface area contributed by atoms with Crippen LogP contribution in [0.1, 0.15) is 141 Å². The predicted molar refractivity (Wildman–Crippen MR) is 132 cm³/mol. The van der Waals surface area contributed by atoms with Gasteiger partial charge in [-0.1, -0.05) is 116 Å². The van der Waals surface area contributed by atoms with Gasteiger partial charge in [0.1, 0.15) is 6.29 Å². The van der Waals surface area contributed by atoms with E-state index in [1.807, 2.05) is 0 Å². The molecule has 0 spiro atoms. The molecule has 0 saturated heterocycles. The van der Waals surface area contributed by atoms with Crippen molar-refractivity contribution < 1.29 is 31.5 Å². The zero-order valence-corrected chi connectivity index (χ0v) is 21.7. The first-order valence-electron chi connectivity index (χ1n) is 14.3. The van der Waals surface area contributed by atoms with E-state index < -0.39 is 24.4 Å². The van der Waals surface area contributed by atoms with Crippen LogP contribution in [0.25, 0.3) is 0 Å². The van der Waals surface area contributed by atoms with Crippen molar-refractivity contribution in [2.24, 2.45) is 5.92 Å². The molecule has 0 N–H and O–H groups in total. The summed E-state index contributed by atoms with van der Waals surface area (Å²) in [5, 5.41) is 0. The molecule has 1 rings (SSSR count). The Labute approximate surface area is 210 Å². The molecule has 1 unspecified atom stereocenters. The topological polar surface area (TPSA) is 26.3 Å². The van der Waals surface area contributed by atoms with E-state index >= 15 is 0 Å². The van der Waals surface area contributed by atoms with E-state index in [1.54, 1.807) is 0 Å². The average Bonchev–Trinajstić information content (AvgIpc) is 2.82. The van der Waals surface area contributed by atoms with Gasteiger partial charge in [0, 0.05) is 6.61 Å². The number of rotatable bonds is 22. The Morgan fingerprint density at radius 3 is 1.43 bits per heavy atom. The minimum absolute atomic E-state index is 0.226. The number of halogens is 5. The molecule has 0 aliphatic heterocycles. The third-order valence-electron chi connectivity index (χ3n) is 7.32. The van der Waals surface area contributed by atoms with Crippen LogP contribution in [0.15, 0.2) is 0 Å². The molecule has 2 nitrogen and oxygen atoms in total. The Bertz CT molecular complexity index is 504.